The molecule has 182 valence electrons. The maximum absolute atomic E-state index is 2.60. The van der Waals surface area contributed by atoms with Gasteiger partial charge in [-0.05, 0) is 22.3 Å². The van der Waals surface area contributed by atoms with Gasteiger partial charge in [-0.2, -0.15) is 0 Å². The summed E-state index contributed by atoms with van der Waals surface area (Å²) < 4.78 is 0. The Morgan fingerprint density at radius 3 is 0.765 bits per heavy atom. The van der Waals surface area contributed by atoms with E-state index in [-0.39, 0.29) is 0 Å². The van der Waals surface area contributed by atoms with Crippen molar-refractivity contribution < 1.29 is 0 Å². The molecule has 0 nitrogen and oxygen atoms in total. The van der Waals surface area contributed by atoms with E-state index in [0.29, 0.717) is 0 Å². The van der Waals surface area contributed by atoms with Crippen molar-refractivity contribution in [3.05, 3.63) is 60.7 Å². The second-order valence-corrected chi connectivity index (χ2v) is 34.0. The molecule has 0 aliphatic carbocycles. The molecule has 0 unspecified atom stereocenters. The molecule has 0 fully saturated rings. The van der Waals surface area contributed by atoms with Gasteiger partial charge in [0, 0.05) is 0 Å². The third-order valence-electron chi connectivity index (χ3n) is 6.62. The van der Waals surface area contributed by atoms with Gasteiger partial charge < -0.3 is 0 Å². The Labute approximate surface area is 213 Å². The summed E-state index contributed by atoms with van der Waals surface area (Å²) in [4.78, 5) is 0. The maximum atomic E-state index is 2.60. The van der Waals surface area contributed by atoms with E-state index >= 15 is 0 Å². The van der Waals surface area contributed by atoms with Gasteiger partial charge >= 0.3 is 0 Å². The highest BCUT2D eigenvalue weighted by Crippen LogP contribution is 2.33. The zero-order valence-electron chi connectivity index (χ0n) is 23.8. The van der Waals surface area contributed by atoms with Gasteiger partial charge in [0.05, 0.1) is 32.3 Å². The molecule has 3 rings (SSSR count). The van der Waals surface area contributed by atoms with Crippen LogP contribution in [0.1, 0.15) is 0 Å². The van der Waals surface area contributed by atoms with Crippen molar-refractivity contribution in [3.63, 3.8) is 0 Å². The van der Waals surface area contributed by atoms with Crippen LogP contribution in [0.2, 0.25) is 78.6 Å². The summed E-state index contributed by atoms with van der Waals surface area (Å²) >= 11 is 0. The molecule has 0 amide bonds. The van der Waals surface area contributed by atoms with Gasteiger partial charge in [-0.15, -0.1) is 0 Å². The average molecular weight is 519 g/mol. The molecule has 0 aliphatic heterocycles. The van der Waals surface area contributed by atoms with Crippen LogP contribution < -0.4 is 20.7 Å². The molecule has 0 aromatic heterocycles. The Kier molecular flexibility index (Phi) is 7.33. The molecular formula is C30H46Si4. The van der Waals surface area contributed by atoms with E-state index in [1.165, 1.54) is 11.1 Å². The Bertz CT molecular complexity index is 1060. The van der Waals surface area contributed by atoms with Crippen molar-refractivity contribution in [2.45, 2.75) is 78.6 Å². The van der Waals surface area contributed by atoms with Crippen LogP contribution in [0.5, 0.6) is 0 Å². The lowest BCUT2D eigenvalue weighted by molar-refractivity contribution is 1.58. The van der Waals surface area contributed by atoms with E-state index in [4.69, 9.17) is 0 Å². The van der Waals surface area contributed by atoms with Gasteiger partial charge in [-0.25, -0.2) is 0 Å². The molecule has 0 saturated heterocycles. The van der Waals surface area contributed by atoms with Crippen LogP contribution >= 0.6 is 0 Å². The molecule has 0 spiro atoms. The minimum atomic E-state index is -1.70. The lowest BCUT2D eigenvalue weighted by atomic mass is 9.94. The van der Waals surface area contributed by atoms with Crippen molar-refractivity contribution in [3.8, 4) is 22.3 Å². The largest absolute Gasteiger partial charge is 0.0782 e. The molecule has 0 radical (unpaired) electrons. The Morgan fingerprint density at radius 1 is 0.324 bits per heavy atom. The van der Waals surface area contributed by atoms with Crippen LogP contribution in [-0.4, -0.2) is 32.3 Å². The normalized spacial score (nSPS) is 13.3. The van der Waals surface area contributed by atoms with Gasteiger partial charge in [-0.3, -0.25) is 0 Å². The van der Waals surface area contributed by atoms with E-state index in [2.05, 4.69) is 139 Å². The zero-order chi connectivity index (χ0) is 25.7. The summed E-state index contributed by atoms with van der Waals surface area (Å²) in [7, 11) is -6.70. The molecule has 3 aromatic rings. The predicted molar refractivity (Wildman–Crippen MR) is 169 cm³/mol. The fourth-order valence-electron chi connectivity index (χ4n) is 5.54. The number of rotatable bonds is 6. The van der Waals surface area contributed by atoms with E-state index < -0.39 is 32.3 Å². The van der Waals surface area contributed by atoms with Crippen molar-refractivity contribution in [2.75, 3.05) is 0 Å². The first-order valence-electron chi connectivity index (χ1n) is 12.8. The third-order valence-corrected chi connectivity index (χ3v) is 15.4. The first-order chi connectivity index (χ1) is 15.5. The highest BCUT2D eigenvalue weighted by molar-refractivity contribution is 7.08. The first-order valence-corrected chi connectivity index (χ1v) is 26.8. The molecule has 0 atom stereocenters. The molecule has 0 saturated carbocycles. The topological polar surface area (TPSA) is 0 Å². The van der Waals surface area contributed by atoms with Crippen molar-refractivity contribution in [1.29, 1.82) is 0 Å². The molecule has 0 aliphatic rings. The summed E-state index contributed by atoms with van der Waals surface area (Å²) in [6, 6.07) is 22.7. The van der Waals surface area contributed by atoms with Crippen molar-refractivity contribution >= 4 is 53.0 Å². The molecule has 0 heterocycles. The van der Waals surface area contributed by atoms with Gasteiger partial charge in [0.25, 0.3) is 0 Å². The zero-order valence-corrected chi connectivity index (χ0v) is 27.8. The predicted octanol–water partition coefficient (Wildman–Crippen LogP) is 7.20. The summed E-state index contributed by atoms with van der Waals surface area (Å²) in [6.07, 6.45) is 0. The second kappa shape index (κ2) is 9.20. The average Bonchev–Trinajstić information content (AvgIpc) is 2.70. The maximum Gasteiger partial charge on any atom is 0.0782 e. The van der Waals surface area contributed by atoms with Crippen LogP contribution in [0.3, 0.4) is 0 Å². The highest BCUT2D eigenvalue weighted by atomic mass is 28.3. The Morgan fingerprint density at radius 2 is 0.559 bits per heavy atom. The summed E-state index contributed by atoms with van der Waals surface area (Å²) in [5.41, 5.74) is 5.92. The third kappa shape index (κ3) is 5.35. The monoisotopic (exact) mass is 518 g/mol. The molecule has 0 bridgehead atoms. The van der Waals surface area contributed by atoms with Crippen LogP contribution in [0.25, 0.3) is 22.3 Å². The Hall–Kier alpha value is -1.47. The standard InChI is InChI=1S/C30H46Si4/c1-31(2,3)27-25(23-19-15-13-16-20-23)26(24-21-17-14-18-22-24)28(32(4,5)6)30(34(10,11)12)29(27)33(7,8)9/h13-22H,1-12H3. The van der Waals surface area contributed by atoms with Gasteiger partial charge in [0.15, 0.2) is 0 Å². The lowest BCUT2D eigenvalue weighted by Gasteiger charge is -2.42. The van der Waals surface area contributed by atoms with Crippen LogP contribution in [-0.2, 0) is 0 Å². The molecule has 0 N–H and O–H groups in total. The van der Waals surface area contributed by atoms with Crippen LogP contribution in [0.15, 0.2) is 60.7 Å². The Balaban J connectivity index is 2.85. The molecule has 3 aromatic carbocycles. The molecule has 34 heavy (non-hydrogen) atoms. The van der Waals surface area contributed by atoms with E-state index in [1.54, 1.807) is 21.5 Å². The SMILES string of the molecule is C[Si](C)(C)c1c(-c2ccccc2)c(-c2ccccc2)c([Si](C)(C)C)c([Si](C)(C)C)c1[Si](C)(C)C. The lowest BCUT2D eigenvalue weighted by Crippen LogP contribution is -2.73. The van der Waals surface area contributed by atoms with Crippen LogP contribution in [0, 0.1) is 0 Å². The minimum Gasteiger partial charge on any atom is -0.0656 e. The fraction of sp³-hybridized carbons (Fsp3) is 0.400. The number of hydrogen-bond acceptors (Lipinski definition) is 0. The van der Waals surface area contributed by atoms with E-state index in [1.807, 2.05) is 10.4 Å². The summed E-state index contributed by atoms with van der Waals surface area (Å²) in [6.45, 7) is 31.1. The van der Waals surface area contributed by atoms with Gasteiger partial charge in [0.1, 0.15) is 0 Å². The molecule has 4 heteroatoms. The minimum absolute atomic E-state index is 1.40. The quantitative estimate of drug-likeness (QED) is 0.303. The van der Waals surface area contributed by atoms with Crippen molar-refractivity contribution in [2.24, 2.45) is 0 Å². The van der Waals surface area contributed by atoms with E-state index in [0.717, 1.165) is 0 Å². The summed E-state index contributed by atoms with van der Waals surface area (Å²) in [5, 5.41) is 7.14. The second-order valence-electron chi connectivity index (χ2n) is 14.0. The van der Waals surface area contributed by atoms with Crippen LogP contribution in [0.4, 0.5) is 0 Å². The smallest absolute Gasteiger partial charge is 0.0656 e. The first kappa shape index (κ1) is 27.1. The van der Waals surface area contributed by atoms with Crippen molar-refractivity contribution in [1.82, 2.24) is 0 Å². The highest BCUT2D eigenvalue weighted by Gasteiger charge is 2.42. The van der Waals surface area contributed by atoms with Gasteiger partial charge in [0.2, 0.25) is 0 Å². The number of benzene rings is 3. The molecular weight excluding hydrogens is 473 g/mol. The van der Waals surface area contributed by atoms with Gasteiger partial charge in [-0.1, -0.05) is 160 Å². The summed E-state index contributed by atoms with van der Waals surface area (Å²) in [5.74, 6) is 0. The fourth-order valence-corrected chi connectivity index (χ4v) is 19.8. The van der Waals surface area contributed by atoms with E-state index in [9.17, 15) is 0 Å². The number of hydrogen-bond donors (Lipinski definition) is 0.